The largest absolute Gasteiger partial charge is 0.497 e. The molecule has 0 fully saturated rings. The van der Waals surface area contributed by atoms with E-state index >= 15 is 0 Å². The number of hydrogen-bond acceptors (Lipinski definition) is 3. The number of ketones is 1. The molecule has 0 heterocycles. The summed E-state index contributed by atoms with van der Waals surface area (Å²) in [6, 6.07) is 9.73. The standard InChI is InChI=1S/C16H14F2O3/c1-10(21-13-6-4-12(20-2)5-7-13)16(19)11-3-8-14(17)15(18)9-11/h3-10H,1-2H3. The molecule has 21 heavy (non-hydrogen) atoms. The van der Waals surface area contributed by atoms with Gasteiger partial charge in [-0.1, -0.05) is 0 Å². The lowest BCUT2D eigenvalue weighted by Crippen LogP contribution is -2.24. The second-order valence-electron chi connectivity index (χ2n) is 4.43. The van der Waals surface area contributed by atoms with Crippen LogP contribution in [0.15, 0.2) is 42.5 Å². The Balaban J connectivity index is 2.09. The van der Waals surface area contributed by atoms with Gasteiger partial charge in [0.15, 0.2) is 17.7 Å². The molecule has 3 nitrogen and oxygen atoms in total. The maximum atomic E-state index is 13.1. The Morgan fingerprint density at radius 2 is 1.62 bits per heavy atom. The van der Waals surface area contributed by atoms with Gasteiger partial charge in [0.25, 0.3) is 0 Å². The molecule has 0 spiro atoms. The minimum atomic E-state index is -1.06. The Morgan fingerprint density at radius 1 is 1.00 bits per heavy atom. The van der Waals surface area contributed by atoms with E-state index in [9.17, 15) is 13.6 Å². The fraction of sp³-hybridized carbons (Fsp3) is 0.188. The molecule has 0 aliphatic rings. The lowest BCUT2D eigenvalue weighted by atomic mass is 10.1. The highest BCUT2D eigenvalue weighted by Gasteiger charge is 2.18. The van der Waals surface area contributed by atoms with E-state index in [4.69, 9.17) is 9.47 Å². The fourth-order valence-corrected chi connectivity index (χ4v) is 1.80. The third kappa shape index (κ3) is 3.56. The van der Waals surface area contributed by atoms with Crippen molar-refractivity contribution < 1.29 is 23.0 Å². The van der Waals surface area contributed by atoms with E-state index in [1.807, 2.05) is 0 Å². The summed E-state index contributed by atoms with van der Waals surface area (Å²) < 4.78 is 36.5. The first kappa shape index (κ1) is 15.0. The van der Waals surface area contributed by atoms with E-state index in [-0.39, 0.29) is 5.56 Å². The summed E-state index contributed by atoms with van der Waals surface area (Å²) in [5.74, 6) is -1.32. The summed E-state index contributed by atoms with van der Waals surface area (Å²) in [5, 5.41) is 0. The molecule has 0 bridgehead atoms. The number of halogens is 2. The van der Waals surface area contributed by atoms with E-state index in [0.717, 1.165) is 12.1 Å². The summed E-state index contributed by atoms with van der Waals surface area (Å²) in [7, 11) is 1.55. The van der Waals surface area contributed by atoms with Gasteiger partial charge in [0.05, 0.1) is 7.11 Å². The van der Waals surface area contributed by atoms with E-state index in [2.05, 4.69) is 0 Å². The highest BCUT2D eigenvalue weighted by Crippen LogP contribution is 2.19. The second kappa shape index (κ2) is 6.35. The monoisotopic (exact) mass is 292 g/mol. The number of carbonyl (C=O) groups is 1. The summed E-state index contributed by atoms with van der Waals surface area (Å²) in [5.41, 5.74) is 0.0647. The summed E-state index contributed by atoms with van der Waals surface area (Å²) in [6.45, 7) is 1.55. The fourth-order valence-electron chi connectivity index (χ4n) is 1.80. The quantitative estimate of drug-likeness (QED) is 0.790. The molecule has 0 aliphatic carbocycles. The number of carbonyl (C=O) groups excluding carboxylic acids is 1. The maximum absolute atomic E-state index is 13.1. The highest BCUT2D eigenvalue weighted by molar-refractivity contribution is 5.99. The molecule has 2 aromatic carbocycles. The molecule has 1 unspecified atom stereocenters. The van der Waals surface area contributed by atoms with Crippen molar-refractivity contribution in [3.63, 3.8) is 0 Å². The normalized spacial score (nSPS) is 11.8. The second-order valence-corrected chi connectivity index (χ2v) is 4.43. The first-order chi connectivity index (χ1) is 10.0. The molecular formula is C16H14F2O3. The summed E-state index contributed by atoms with van der Waals surface area (Å²) >= 11 is 0. The maximum Gasteiger partial charge on any atom is 0.203 e. The average molecular weight is 292 g/mol. The zero-order valence-corrected chi connectivity index (χ0v) is 11.6. The molecule has 0 saturated carbocycles. The minimum absolute atomic E-state index is 0.0647. The van der Waals surface area contributed by atoms with Gasteiger partial charge in [-0.05, 0) is 49.4 Å². The van der Waals surface area contributed by atoms with Crippen LogP contribution in [0, 0.1) is 11.6 Å². The van der Waals surface area contributed by atoms with Crippen LogP contribution in [0.25, 0.3) is 0 Å². The molecule has 0 N–H and O–H groups in total. The molecule has 110 valence electrons. The van der Waals surface area contributed by atoms with Gasteiger partial charge in [0.2, 0.25) is 5.78 Å². The van der Waals surface area contributed by atoms with Crippen LogP contribution in [0.2, 0.25) is 0 Å². The smallest absolute Gasteiger partial charge is 0.203 e. The Bertz CT molecular complexity index is 638. The third-order valence-corrected chi connectivity index (χ3v) is 2.95. The lowest BCUT2D eigenvalue weighted by molar-refractivity contribution is 0.0817. The molecule has 0 amide bonds. The van der Waals surface area contributed by atoms with Crippen molar-refractivity contribution >= 4 is 5.78 Å². The first-order valence-electron chi connectivity index (χ1n) is 6.31. The van der Waals surface area contributed by atoms with Crippen LogP contribution in [-0.2, 0) is 0 Å². The van der Waals surface area contributed by atoms with Gasteiger partial charge in [0, 0.05) is 5.56 Å². The molecular weight excluding hydrogens is 278 g/mol. The van der Waals surface area contributed by atoms with Gasteiger partial charge in [-0.15, -0.1) is 0 Å². The van der Waals surface area contributed by atoms with Crippen LogP contribution >= 0.6 is 0 Å². The van der Waals surface area contributed by atoms with Crippen molar-refractivity contribution in [2.24, 2.45) is 0 Å². The van der Waals surface area contributed by atoms with Gasteiger partial charge < -0.3 is 9.47 Å². The van der Waals surface area contributed by atoms with Gasteiger partial charge in [-0.2, -0.15) is 0 Å². The molecule has 2 rings (SSSR count). The Morgan fingerprint density at radius 3 is 2.19 bits per heavy atom. The number of rotatable bonds is 5. The molecule has 1 atom stereocenters. The van der Waals surface area contributed by atoms with Crippen LogP contribution < -0.4 is 9.47 Å². The highest BCUT2D eigenvalue weighted by atomic mass is 19.2. The van der Waals surface area contributed by atoms with Crippen molar-refractivity contribution in [2.45, 2.75) is 13.0 Å². The SMILES string of the molecule is COc1ccc(OC(C)C(=O)c2ccc(F)c(F)c2)cc1. The summed E-state index contributed by atoms with van der Waals surface area (Å²) in [6.07, 6.45) is -0.816. The van der Waals surface area contributed by atoms with Gasteiger partial charge in [-0.3, -0.25) is 4.79 Å². The van der Waals surface area contributed by atoms with E-state index in [1.165, 1.54) is 6.07 Å². The first-order valence-corrected chi connectivity index (χ1v) is 6.31. The number of hydrogen-bond donors (Lipinski definition) is 0. The average Bonchev–Trinajstić information content (AvgIpc) is 2.50. The summed E-state index contributed by atoms with van der Waals surface area (Å²) in [4.78, 5) is 12.1. The Hall–Kier alpha value is -2.43. The van der Waals surface area contributed by atoms with Gasteiger partial charge in [-0.25, -0.2) is 8.78 Å². The Labute approximate surface area is 121 Å². The molecule has 5 heteroatoms. The van der Waals surface area contributed by atoms with Crippen molar-refractivity contribution in [1.29, 1.82) is 0 Å². The number of Topliss-reactive ketones (excluding diaryl/α,β-unsaturated/α-hetero) is 1. The Kier molecular flexibility index (Phi) is 4.52. The topological polar surface area (TPSA) is 35.5 Å². The predicted octanol–water partition coefficient (Wildman–Crippen LogP) is 3.62. The van der Waals surface area contributed by atoms with E-state index in [1.54, 1.807) is 38.3 Å². The number of ether oxygens (including phenoxy) is 2. The minimum Gasteiger partial charge on any atom is -0.497 e. The van der Waals surface area contributed by atoms with Crippen LogP contribution in [0.4, 0.5) is 8.78 Å². The molecule has 0 aliphatic heterocycles. The van der Waals surface area contributed by atoms with E-state index < -0.39 is 23.5 Å². The van der Waals surface area contributed by atoms with E-state index in [0.29, 0.717) is 11.5 Å². The van der Waals surface area contributed by atoms with Crippen molar-refractivity contribution in [3.05, 3.63) is 59.7 Å². The van der Waals surface area contributed by atoms with Gasteiger partial charge >= 0.3 is 0 Å². The lowest BCUT2D eigenvalue weighted by Gasteiger charge is -2.14. The molecule has 0 aromatic heterocycles. The number of methoxy groups -OCH3 is 1. The third-order valence-electron chi connectivity index (χ3n) is 2.95. The van der Waals surface area contributed by atoms with Crippen LogP contribution in [0.5, 0.6) is 11.5 Å². The zero-order valence-electron chi connectivity index (χ0n) is 11.6. The van der Waals surface area contributed by atoms with Crippen molar-refractivity contribution in [1.82, 2.24) is 0 Å². The van der Waals surface area contributed by atoms with Crippen LogP contribution in [-0.4, -0.2) is 19.0 Å². The van der Waals surface area contributed by atoms with Crippen LogP contribution in [0.3, 0.4) is 0 Å². The van der Waals surface area contributed by atoms with Gasteiger partial charge in [0.1, 0.15) is 11.5 Å². The van der Waals surface area contributed by atoms with Crippen molar-refractivity contribution in [3.8, 4) is 11.5 Å². The molecule has 0 saturated heterocycles. The molecule has 0 radical (unpaired) electrons. The van der Waals surface area contributed by atoms with Crippen molar-refractivity contribution in [2.75, 3.05) is 7.11 Å². The predicted molar refractivity (Wildman–Crippen MR) is 73.8 cm³/mol. The zero-order chi connectivity index (χ0) is 15.4. The van der Waals surface area contributed by atoms with Crippen LogP contribution in [0.1, 0.15) is 17.3 Å². The molecule has 2 aromatic rings. The number of benzene rings is 2.